The molecule has 1 atom stereocenters. The SMILES string of the molecule is COc1cccc(N(CC(=O)N(Cc2c(Cl)cccc2Cl)[C@@H](C)C(=O)NC2CCCC2)S(=O)(=O)c2ccccc2)c1. The van der Waals surface area contributed by atoms with Crippen molar-refractivity contribution in [3.05, 3.63) is 88.4 Å². The lowest BCUT2D eigenvalue weighted by molar-refractivity contribution is -0.139. The summed E-state index contributed by atoms with van der Waals surface area (Å²) < 4.78 is 34.1. The van der Waals surface area contributed by atoms with Gasteiger partial charge in [-0.05, 0) is 56.2 Å². The van der Waals surface area contributed by atoms with Gasteiger partial charge in [-0.25, -0.2) is 8.42 Å². The van der Waals surface area contributed by atoms with Crippen LogP contribution in [0.15, 0.2) is 77.7 Å². The lowest BCUT2D eigenvalue weighted by Gasteiger charge is -2.33. The second-order valence-corrected chi connectivity index (χ2v) is 12.6. The van der Waals surface area contributed by atoms with Crippen LogP contribution < -0.4 is 14.4 Å². The van der Waals surface area contributed by atoms with Gasteiger partial charge in [0.1, 0.15) is 18.3 Å². The van der Waals surface area contributed by atoms with Crippen molar-refractivity contribution in [3.63, 3.8) is 0 Å². The summed E-state index contributed by atoms with van der Waals surface area (Å²) in [6.07, 6.45) is 3.82. The Morgan fingerprint density at radius 1 is 0.976 bits per heavy atom. The highest BCUT2D eigenvalue weighted by atomic mass is 35.5. The van der Waals surface area contributed by atoms with E-state index in [1.807, 2.05) is 0 Å². The Morgan fingerprint density at radius 2 is 1.61 bits per heavy atom. The van der Waals surface area contributed by atoms with Gasteiger partial charge in [0.25, 0.3) is 10.0 Å². The van der Waals surface area contributed by atoms with Gasteiger partial charge in [0, 0.05) is 34.3 Å². The first-order valence-electron chi connectivity index (χ1n) is 13.4. The Hall–Kier alpha value is -3.27. The average Bonchev–Trinajstić information content (AvgIpc) is 3.48. The molecular formula is C30H33Cl2N3O5S. The van der Waals surface area contributed by atoms with Crippen LogP contribution in [-0.4, -0.2) is 50.9 Å². The normalized spacial score (nSPS) is 14.3. The van der Waals surface area contributed by atoms with E-state index < -0.39 is 28.5 Å². The first kappa shape index (κ1) is 30.7. The van der Waals surface area contributed by atoms with Crippen molar-refractivity contribution >= 4 is 50.7 Å². The molecule has 0 aliphatic heterocycles. The Morgan fingerprint density at radius 3 is 2.24 bits per heavy atom. The first-order chi connectivity index (χ1) is 19.6. The van der Waals surface area contributed by atoms with E-state index >= 15 is 0 Å². The van der Waals surface area contributed by atoms with Gasteiger partial charge in [-0.2, -0.15) is 0 Å². The molecule has 0 spiro atoms. The van der Waals surface area contributed by atoms with Gasteiger partial charge in [-0.1, -0.05) is 66.4 Å². The molecule has 1 fully saturated rings. The fourth-order valence-electron chi connectivity index (χ4n) is 4.84. The van der Waals surface area contributed by atoms with Gasteiger partial charge >= 0.3 is 0 Å². The van der Waals surface area contributed by atoms with E-state index in [-0.39, 0.29) is 29.1 Å². The third kappa shape index (κ3) is 7.33. The summed E-state index contributed by atoms with van der Waals surface area (Å²) >= 11 is 12.9. The maximum absolute atomic E-state index is 14.1. The number of sulfonamides is 1. The summed E-state index contributed by atoms with van der Waals surface area (Å²) in [4.78, 5) is 28.8. The third-order valence-electron chi connectivity index (χ3n) is 7.21. The van der Waals surface area contributed by atoms with Crippen LogP contribution in [0.2, 0.25) is 10.0 Å². The van der Waals surface area contributed by atoms with Gasteiger partial charge in [-0.15, -0.1) is 0 Å². The molecule has 41 heavy (non-hydrogen) atoms. The van der Waals surface area contributed by atoms with Crippen molar-refractivity contribution in [3.8, 4) is 5.75 Å². The van der Waals surface area contributed by atoms with Crippen molar-refractivity contribution in [1.29, 1.82) is 0 Å². The minimum Gasteiger partial charge on any atom is -0.497 e. The molecule has 0 heterocycles. The van der Waals surface area contributed by atoms with Crippen molar-refractivity contribution < 1.29 is 22.7 Å². The second-order valence-electron chi connectivity index (χ2n) is 9.91. The van der Waals surface area contributed by atoms with E-state index in [1.54, 1.807) is 67.6 Å². The highest BCUT2D eigenvalue weighted by Crippen LogP contribution is 2.30. The summed E-state index contributed by atoms with van der Waals surface area (Å²) in [5.74, 6) is -0.503. The van der Waals surface area contributed by atoms with Gasteiger partial charge in [0.05, 0.1) is 17.7 Å². The van der Waals surface area contributed by atoms with Crippen molar-refractivity contribution in [2.45, 2.75) is 56.1 Å². The quantitative estimate of drug-likeness (QED) is 0.299. The maximum Gasteiger partial charge on any atom is 0.264 e. The lowest BCUT2D eigenvalue weighted by Crippen LogP contribution is -2.52. The molecule has 0 saturated heterocycles. The van der Waals surface area contributed by atoms with Crippen LogP contribution >= 0.6 is 23.2 Å². The minimum atomic E-state index is -4.18. The first-order valence-corrected chi connectivity index (χ1v) is 15.6. The zero-order valence-corrected chi connectivity index (χ0v) is 25.3. The van der Waals surface area contributed by atoms with E-state index in [2.05, 4.69) is 5.32 Å². The van der Waals surface area contributed by atoms with Gasteiger partial charge in [0.2, 0.25) is 11.8 Å². The molecule has 8 nitrogen and oxygen atoms in total. The number of amides is 2. The predicted octanol–water partition coefficient (Wildman–Crippen LogP) is 5.67. The summed E-state index contributed by atoms with van der Waals surface area (Å²) in [7, 11) is -2.71. The van der Waals surface area contributed by atoms with E-state index in [1.165, 1.54) is 24.1 Å². The molecule has 4 rings (SSSR count). The molecule has 0 unspecified atom stereocenters. The van der Waals surface area contributed by atoms with Crippen LogP contribution in [-0.2, 0) is 26.2 Å². The zero-order valence-electron chi connectivity index (χ0n) is 22.9. The molecule has 0 aromatic heterocycles. The molecule has 0 radical (unpaired) electrons. The molecule has 3 aromatic rings. The number of hydrogen-bond acceptors (Lipinski definition) is 5. The Balaban J connectivity index is 1.72. The fourth-order valence-corrected chi connectivity index (χ4v) is 6.79. The van der Waals surface area contributed by atoms with Crippen LogP contribution in [0.4, 0.5) is 5.69 Å². The number of halogens is 2. The number of nitrogens with zero attached hydrogens (tertiary/aromatic N) is 2. The van der Waals surface area contributed by atoms with Crippen molar-refractivity contribution in [2.24, 2.45) is 0 Å². The van der Waals surface area contributed by atoms with E-state index in [4.69, 9.17) is 27.9 Å². The molecule has 11 heteroatoms. The molecule has 1 aliphatic rings. The monoisotopic (exact) mass is 617 g/mol. The standard InChI is InChI=1S/C30H33Cl2N3O5S/c1-21(30(37)33-22-10-6-7-11-22)34(19-26-27(31)16-9-17-28(26)32)29(36)20-35(23-12-8-13-24(18-23)40-2)41(38,39)25-14-4-3-5-15-25/h3-5,8-9,12-18,21-22H,6-7,10-11,19-20H2,1-2H3,(H,33,37)/t21-/m0/s1. The number of methoxy groups -OCH3 is 1. The lowest BCUT2D eigenvalue weighted by atomic mass is 10.1. The number of benzene rings is 3. The van der Waals surface area contributed by atoms with Crippen LogP contribution in [0, 0.1) is 0 Å². The minimum absolute atomic E-state index is 0.0170. The second kappa shape index (κ2) is 13.6. The van der Waals surface area contributed by atoms with Gasteiger partial charge in [0.15, 0.2) is 0 Å². The van der Waals surface area contributed by atoms with E-state index in [9.17, 15) is 18.0 Å². The van der Waals surface area contributed by atoms with E-state index in [0.717, 1.165) is 30.0 Å². The van der Waals surface area contributed by atoms with Crippen molar-refractivity contribution in [2.75, 3.05) is 18.0 Å². The topological polar surface area (TPSA) is 96.0 Å². The molecule has 1 aliphatic carbocycles. The number of hydrogen-bond donors (Lipinski definition) is 1. The molecule has 1 saturated carbocycles. The zero-order chi connectivity index (χ0) is 29.6. The number of ether oxygens (including phenoxy) is 1. The van der Waals surface area contributed by atoms with E-state index in [0.29, 0.717) is 21.4 Å². The van der Waals surface area contributed by atoms with Gasteiger partial charge in [-0.3, -0.25) is 13.9 Å². The average molecular weight is 619 g/mol. The molecule has 3 aromatic carbocycles. The Bertz CT molecular complexity index is 1460. The molecule has 2 amide bonds. The molecular weight excluding hydrogens is 585 g/mol. The predicted molar refractivity (Wildman–Crippen MR) is 161 cm³/mol. The summed E-state index contributed by atoms with van der Waals surface area (Å²) in [6.45, 7) is 0.954. The number of nitrogens with one attached hydrogen (secondary N) is 1. The largest absolute Gasteiger partial charge is 0.497 e. The smallest absolute Gasteiger partial charge is 0.264 e. The van der Waals surface area contributed by atoms with Crippen LogP contribution in [0.1, 0.15) is 38.2 Å². The Labute approximate surface area is 251 Å². The van der Waals surface area contributed by atoms with Crippen molar-refractivity contribution in [1.82, 2.24) is 10.2 Å². The molecule has 218 valence electrons. The fraction of sp³-hybridized carbons (Fsp3) is 0.333. The van der Waals surface area contributed by atoms with Gasteiger partial charge < -0.3 is 15.0 Å². The summed E-state index contributed by atoms with van der Waals surface area (Å²) in [6, 6.07) is 18.4. The maximum atomic E-state index is 14.1. The number of carbonyl (C=O) groups is 2. The molecule has 1 N–H and O–H groups in total. The van der Waals surface area contributed by atoms with Crippen LogP contribution in [0.3, 0.4) is 0 Å². The highest BCUT2D eigenvalue weighted by molar-refractivity contribution is 7.92. The summed E-state index contributed by atoms with van der Waals surface area (Å²) in [5.41, 5.74) is 0.698. The third-order valence-corrected chi connectivity index (χ3v) is 9.71. The Kier molecular flexibility index (Phi) is 10.2. The highest BCUT2D eigenvalue weighted by Gasteiger charge is 2.34. The number of carbonyl (C=O) groups excluding carboxylic acids is 2. The van der Waals surface area contributed by atoms with Crippen LogP contribution in [0.25, 0.3) is 0 Å². The van der Waals surface area contributed by atoms with Crippen LogP contribution in [0.5, 0.6) is 5.75 Å². The molecule has 0 bridgehead atoms. The number of rotatable bonds is 11. The number of anilines is 1. The summed E-state index contributed by atoms with van der Waals surface area (Å²) in [5, 5.41) is 3.71.